The monoisotopic (exact) mass is 390 g/mol. The number of aromatic nitrogens is 3. The third-order valence-electron chi connectivity index (χ3n) is 3.95. The smallest absolute Gasteiger partial charge is 0.433 e. The number of hydrogen-bond acceptors (Lipinski definition) is 6. The average Bonchev–Trinajstić information content (AvgIpc) is 2.69. The van der Waals surface area contributed by atoms with E-state index in [1.54, 1.807) is 31.2 Å². The number of alkyl halides is 3. The second-order valence-corrected chi connectivity index (χ2v) is 5.84. The zero-order chi connectivity index (χ0) is 20.3. The first-order valence-corrected chi connectivity index (χ1v) is 8.18. The van der Waals surface area contributed by atoms with Crippen molar-refractivity contribution in [1.82, 2.24) is 15.0 Å². The van der Waals surface area contributed by atoms with Gasteiger partial charge in [0.15, 0.2) is 23.0 Å². The molecule has 0 amide bonds. The van der Waals surface area contributed by atoms with Gasteiger partial charge in [0.05, 0.1) is 14.2 Å². The number of nitrogens with one attached hydrogen (secondary N) is 1. The van der Waals surface area contributed by atoms with Crippen molar-refractivity contribution >= 4 is 11.5 Å². The van der Waals surface area contributed by atoms with E-state index in [1.807, 2.05) is 0 Å². The quantitative estimate of drug-likeness (QED) is 0.685. The van der Waals surface area contributed by atoms with E-state index in [4.69, 9.17) is 9.47 Å². The summed E-state index contributed by atoms with van der Waals surface area (Å²) in [6, 6.07) is 7.30. The summed E-state index contributed by atoms with van der Waals surface area (Å²) < 4.78 is 50.5. The Labute approximate surface area is 159 Å². The summed E-state index contributed by atoms with van der Waals surface area (Å²) >= 11 is 0. The second-order valence-electron chi connectivity index (χ2n) is 5.84. The Hall–Kier alpha value is -3.36. The summed E-state index contributed by atoms with van der Waals surface area (Å²) in [7, 11) is 2.98. The van der Waals surface area contributed by atoms with E-state index in [2.05, 4.69) is 20.3 Å². The van der Waals surface area contributed by atoms with E-state index in [0.29, 0.717) is 22.7 Å². The molecule has 6 nitrogen and oxygen atoms in total. The molecule has 0 saturated carbocycles. The van der Waals surface area contributed by atoms with E-state index in [9.17, 15) is 13.2 Å². The summed E-state index contributed by atoms with van der Waals surface area (Å²) in [5.74, 6) is 0.902. The van der Waals surface area contributed by atoms with E-state index >= 15 is 0 Å². The van der Waals surface area contributed by atoms with Crippen LogP contribution in [-0.4, -0.2) is 29.2 Å². The molecule has 0 aliphatic rings. The van der Waals surface area contributed by atoms with Crippen LogP contribution >= 0.6 is 0 Å². The van der Waals surface area contributed by atoms with Crippen molar-refractivity contribution in [2.45, 2.75) is 13.1 Å². The fraction of sp³-hybridized carbons (Fsp3) is 0.211. The van der Waals surface area contributed by atoms with Gasteiger partial charge in [-0.15, -0.1) is 0 Å². The molecule has 28 heavy (non-hydrogen) atoms. The summed E-state index contributed by atoms with van der Waals surface area (Å²) in [4.78, 5) is 11.7. The molecule has 0 radical (unpaired) electrons. The maximum atomic E-state index is 13.3. The van der Waals surface area contributed by atoms with Crippen molar-refractivity contribution in [3.8, 4) is 22.9 Å². The van der Waals surface area contributed by atoms with E-state index in [-0.39, 0.29) is 11.6 Å². The van der Waals surface area contributed by atoms with Gasteiger partial charge in [-0.2, -0.15) is 13.2 Å². The lowest BCUT2D eigenvalue weighted by Crippen LogP contribution is -2.11. The van der Waals surface area contributed by atoms with Gasteiger partial charge in [-0.05, 0) is 30.7 Å². The normalized spacial score (nSPS) is 11.2. The molecular formula is C19H17F3N4O2. The maximum absolute atomic E-state index is 13.3. The van der Waals surface area contributed by atoms with Gasteiger partial charge in [-0.25, -0.2) is 9.97 Å². The van der Waals surface area contributed by atoms with E-state index in [1.165, 1.54) is 26.6 Å². The van der Waals surface area contributed by atoms with Gasteiger partial charge in [0.2, 0.25) is 0 Å². The molecule has 1 aromatic carbocycles. The number of aryl methyl sites for hydroxylation is 1. The standard InChI is InChI=1S/C19H17F3N4O2/c1-11-8-14(27-2)15(28-3)9-13(11)24-17-10-16(19(20,21)22)25-18(26-17)12-4-6-23-7-5-12/h4-10H,1-3H3,(H,24,25,26). The highest BCUT2D eigenvalue weighted by atomic mass is 19.4. The first-order valence-electron chi connectivity index (χ1n) is 8.18. The minimum Gasteiger partial charge on any atom is -0.493 e. The number of benzene rings is 1. The molecule has 0 aliphatic carbocycles. The SMILES string of the molecule is COc1cc(C)c(Nc2cc(C(F)(F)F)nc(-c3ccncc3)n2)cc1OC. The molecule has 0 unspecified atom stereocenters. The predicted octanol–water partition coefficient (Wildman–Crippen LogP) is 4.63. The van der Waals surface area contributed by atoms with Gasteiger partial charge in [0.1, 0.15) is 5.82 Å². The van der Waals surface area contributed by atoms with Crippen molar-refractivity contribution < 1.29 is 22.6 Å². The van der Waals surface area contributed by atoms with Crippen LogP contribution < -0.4 is 14.8 Å². The van der Waals surface area contributed by atoms with E-state index < -0.39 is 11.9 Å². The van der Waals surface area contributed by atoms with Crippen LogP contribution in [0.5, 0.6) is 11.5 Å². The van der Waals surface area contributed by atoms with Gasteiger partial charge in [0, 0.05) is 35.8 Å². The molecule has 0 saturated heterocycles. The topological polar surface area (TPSA) is 69.2 Å². The Kier molecular flexibility index (Phi) is 5.34. The van der Waals surface area contributed by atoms with Gasteiger partial charge in [-0.3, -0.25) is 4.98 Å². The molecule has 9 heteroatoms. The lowest BCUT2D eigenvalue weighted by molar-refractivity contribution is -0.141. The van der Waals surface area contributed by atoms with Crippen LogP contribution in [-0.2, 0) is 6.18 Å². The second kappa shape index (κ2) is 7.71. The van der Waals surface area contributed by atoms with Crippen LogP contribution in [0.1, 0.15) is 11.3 Å². The number of methoxy groups -OCH3 is 2. The molecule has 0 fully saturated rings. The first kappa shape index (κ1) is 19.4. The zero-order valence-electron chi connectivity index (χ0n) is 15.3. The summed E-state index contributed by atoms with van der Waals surface area (Å²) in [6.45, 7) is 1.79. The van der Waals surface area contributed by atoms with Gasteiger partial charge in [0.25, 0.3) is 0 Å². The van der Waals surface area contributed by atoms with Crippen LogP contribution in [0.25, 0.3) is 11.4 Å². The molecular weight excluding hydrogens is 373 g/mol. The lowest BCUT2D eigenvalue weighted by atomic mass is 10.1. The number of halogens is 3. The Bertz CT molecular complexity index is 979. The van der Waals surface area contributed by atoms with Crippen molar-refractivity contribution in [2.24, 2.45) is 0 Å². The molecule has 1 N–H and O–H groups in total. The summed E-state index contributed by atoms with van der Waals surface area (Å²) in [5, 5.41) is 2.92. The zero-order valence-corrected chi connectivity index (χ0v) is 15.3. The molecule has 0 bridgehead atoms. The lowest BCUT2D eigenvalue weighted by Gasteiger charge is -2.15. The number of rotatable bonds is 5. The first-order chi connectivity index (χ1) is 13.3. The highest BCUT2D eigenvalue weighted by molar-refractivity contribution is 5.67. The molecule has 3 rings (SSSR count). The minimum absolute atomic E-state index is 0.00413. The number of hydrogen-bond donors (Lipinski definition) is 1. The van der Waals surface area contributed by atoms with E-state index in [0.717, 1.165) is 11.6 Å². The van der Waals surface area contributed by atoms with Crippen molar-refractivity contribution in [3.05, 3.63) is 54.0 Å². The van der Waals surface area contributed by atoms with Crippen LogP contribution in [0.4, 0.5) is 24.7 Å². The average molecular weight is 390 g/mol. The van der Waals surface area contributed by atoms with Gasteiger partial charge < -0.3 is 14.8 Å². The summed E-state index contributed by atoms with van der Waals surface area (Å²) in [5.41, 5.74) is 0.656. The Morgan fingerprint density at radius 1 is 0.929 bits per heavy atom. The highest BCUT2D eigenvalue weighted by Gasteiger charge is 2.34. The minimum atomic E-state index is -4.62. The fourth-order valence-electron chi connectivity index (χ4n) is 2.54. The highest BCUT2D eigenvalue weighted by Crippen LogP contribution is 2.35. The van der Waals surface area contributed by atoms with Crippen LogP contribution in [0.15, 0.2) is 42.7 Å². The number of ether oxygens (including phenoxy) is 2. The molecule has 0 atom stereocenters. The molecule has 0 aliphatic heterocycles. The largest absolute Gasteiger partial charge is 0.493 e. The van der Waals surface area contributed by atoms with Gasteiger partial charge in [-0.1, -0.05) is 0 Å². The maximum Gasteiger partial charge on any atom is 0.433 e. The van der Waals surface area contributed by atoms with Crippen molar-refractivity contribution in [1.29, 1.82) is 0 Å². The molecule has 2 aromatic heterocycles. The van der Waals surface area contributed by atoms with Crippen molar-refractivity contribution in [2.75, 3.05) is 19.5 Å². The number of pyridine rings is 1. The van der Waals surface area contributed by atoms with Crippen LogP contribution in [0, 0.1) is 6.92 Å². The fourth-order valence-corrected chi connectivity index (χ4v) is 2.54. The molecule has 0 spiro atoms. The predicted molar refractivity (Wildman–Crippen MR) is 97.8 cm³/mol. The van der Waals surface area contributed by atoms with Crippen LogP contribution in [0.2, 0.25) is 0 Å². The summed E-state index contributed by atoms with van der Waals surface area (Å²) in [6.07, 6.45) is -1.69. The van der Waals surface area contributed by atoms with Crippen LogP contribution in [0.3, 0.4) is 0 Å². The molecule has 146 valence electrons. The molecule has 3 aromatic rings. The van der Waals surface area contributed by atoms with Crippen molar-refractivity contribution in [3.63, 3.8) is 0 Å². The molecule has 2 heterocycles. The van der Waals surface area contributed by atoms with Gasteiger partial charge >= 0.3 is 6.18 Å². The Balaban J connectivity index is 2.07. The number of nitrogens with zero attached hydrogens (tertiary/aromatic N) is 3. The Morgan fingerprint density at radius 2 is 1.57 bits per heavy atom. The number of anilines is 2. The third-order valence-corrected chi connectivity index (χ3v) is 3.95. The third kappa shape index (κ3) is 4.13. The Morgan fingerprint density at radius 3 is 2.18 bits per heavy atom.